The highest BCUT2D eigenvalue weighted by atomic mass is 19.4. The molecule has 1 N–H and O–H groups in total. The number of halogens is 7. The van der Waals surface area contributed by atoms with Gasteiger partial charge in [-0.1, -0.05) is 12.1 Å². The zero-order valence-electron chi connectivity index (χ0n) is 15.5. The minimum atomic E-state index is -4.91. The number of nitrogens with one attached hydrogen (secondary N) is 1. The van der Waals surface area contributed by atoms with E-state index in [1.807, 2.05) is 0 Å². The van der Waals surface area contributed by atoms with Crippen LogP contribution in [0.4, 0.5) is 30.7 Å². The van der Waals surface area contributed by atoms with Gasteiger partial charge in [0, 0.05) is 6.54 Å². The van der Waals surface area contributed by atoms with Gasteiger partial charge in [0.15, 0.2) is 6.29 Å². The Bertz CT molecular complexity index is 835. The molecule has 2 atom stereocenters. The molecule has 30 heavy (non-hydrogen) atoms. The van der Waals surface area contributed by atoms with Gasteiger partial charge >= 0.3 is 12.4 Å². The Balaban J connectivity index is 1.71. The number of hydrogen-bond acceptors (Lipinski definition) is 3. The lowest BCUT2D eigenvalue weighted by atomic mass is 10.0. The van der Waals surface area contributed by atoms with Gasteiger partial charge in [-0.25, -0.2) is 4.39 Å². The Hall–Kier alpha value is -2.17. The first-order valence-corrected chi connectivity index (χ1v) is 9.04. The molecule has 164 valence electrons. The van der Waals surface area contributed by atoms with Crippen LogP contribution >= 0.6 is 0 Å². The molecule has 2 aromatic carbocycles. The molecule has 0 spiro atoms. The van der Waals surface area contributed by atoms with Crippen molar-refractivity contribution in [2.75, 3.05) is 19.8 Å². The molecule has 0 radical (unpaired) electrons. The van der Waals surface area contributed by atoms with Crippen molar-refractivity contribution in [2.45, 2.75) is 31.1 Å². The third-order valence-electron chi connectivity index (χ3n) is 4.55. The highest BCUT2D eigenvalue weighted by molar-refractivity contribution is 5.33. The van der Waals surface area contributed by atoms with Gasteiger partial charge in [0.1, 0.15) is 5.82 Å². The van der Waals surface area contributed by atoms with E-state index in [2.05, 4.69) is 5.32 Å². The summed E-state index contributed by atoms with van der Waals surface area (Å²) in [7, 11) is 0. The predicted octanol–water partition coefficient (Wildman–Crippen LogP) is 5.11. The van der Waals surface area contributed by atoms with E-state index in [9.17, 15) is 30.7 Å². The molecule has 1 saturated heterocycles. The standard InChI is InChI=1S/C20H18F7NO2/c21-16-3-1-2-13(10-16)17-18(30-7-5-28-17)29-6-4-12-8-14(19(22,23)24)11-15(9-12)20(25,26)27/h1-3,8-11,17-18,28H,4-7H2/t17-,18+/m0/s1. The van der Waals surface area contributed by atoms with Gasteiger partial charge in [-0.3, -0.25) is 0 Å². The van der Waals surface area contributed by atoms with Crippen LogP contribution in [0, 0.1) is 5.82 Å². The monoisotopic (exact) mass is 437 g/mol. The normalized spacial score (nSPS) is 20.4. The molecule has 0 aromatic heterocycles. The highest BCUT2D eigenvalue weighted by Crippen LogP contribution is 2.36. The molecule has 0 saturated carbocycles. The Kier molecular flexibility index (Phi) is 6.68. The maximum atomic E-state index is 13.5. The quantitative estimate of drug-likeness (QED) is 0.660. The van der Waals surface area contributed by atoms with Gasteiger partial charge in [0.25, 0.3) is 0 Å². The summed E-state index contributed by atoms with van der Waals surface area (Å²) in [6, 6.07) is 6.64. The number of ether oxygens (including phenoxy) is 2. The molecule has 2 aromatic rings. The van der Waals surface area contributed by atoms with Crippen molar-refractivity contribution >= 4 is 0 Å². The summed E-state index contributed by atoms with van der Waals surface area (Å²) >= 11 is 0. The molecule has 0 amide bonds. The number of morpholine rings is 1. The van der Waals surface area contributed by atoms with Crippen molar-refractivity contribution in [1.29, 1.82) is 0 Å². The van der Waals surface area contributed by atoms with Crippen molar-refractivity contribution < 1.29 is 40.2 Å². The maximum absolute atomic E-state index is 13.5. The van der Waals surface area contributed by atoms with Crippen LogP contribution in [0.5, 0.6) is 0 Å². The topological polar surface area (TPSA) is 30.5 Å². The molecule has 3 rings (SSSR count). The summed E-state index contributed by atoms with van der Waals surface area (Å²) in [6.45, 7) is 0.582. The van der Waals surface area contributed by atoms with E-state index in [1.54, 1.807) is 6.07 Å². The summed E-state index contributed by atoms with van der Waals surface area (Å²) in [4.78, 5) is 0. The van der Waals surface area contributed by atoms with E-state index >= 15 is 0 Å². The fourth-order valence-corrected chi connectivity index (χ4v) is 3.16. The molecule has 1 aliphatic rings. The summed E-state index contributed by atoms with van der Waals surface area (Å²) in [6.07, 6.45) is -10.9. The Morgan fingerprint density at radius 2 is 1.63 bits per heavy atom. The molecule has 1 fully saturated rings. The molecule has 1 heterocycles. The van der Waals surface area contributed by atoms with E-state index in [0.29, 0.717) is 24.2 Å². The average molecular weight is 437 g/mol. The molecular weight excluding hydrogens is 419 g/mol. The summed E-state index contributed by atoms with van der Waals surface area (Å²) < 4.78 is 102. The Morgan fingerprint density at radius 3 is 2.23 bits per heavy atom. The van der Waals surface area contributed by atoms with Crippen LogP contribution in [-0.4, -0.2) is 26.0 Å². The van der Waals surface area contributed by atoms with Gasteiger partial charge < -0.3 is 14.8 Å². The van der Waals surface area contributed by atoms with Gasteiger partial charge in [-0.05, 0) is 47.9 Å². The minimum Gasteiger partial charge on any atom is -0.350 e. The fraction of sp³-hybridized carbons (Fsp3) is 0.400. The SMILES string of the molecule is Fc1cccc([C@@H]2NCCO[C@H]2OCCc2cc(C(F)(F)F)cc(C(F)(F)F)c2)c1. The lowest BCUT2D eigenvalue weighted by molar-refractivity contribution is -0.177. The third-order valence-corrected chi connectivity index (χ3v) is 4.55. The molecule has 3 nitrogen and oxygen atoms in total. The van der Waals surface area contributed by atoms with Crippen molar-refractivity contribution in [3.63, 3.8) is 0 Å². The van der Waals surface area contributed by atoms with Gasteiger partial charge in [0.05, 0.1) is 30.4 Å². The van der Waals surface area contributed by atoms with Gasteiger partial charge in [0.2, 0.25) is 0 Å². The van der Waals surface area contributed by atoms with Crippen molar-refractivity contribution in [3.8, 4) is 0 Å². The highest BCUT2D eigenvalue weighted by Gasteiger charge is 2.37. The molecular formula is C20H18F7NO2. The first kappa shape index (κ1) is 22.5. The number of hydrogen-bond donors (Lipinski definition) is 1. The van der Waals surface area contributed by atoms with Crippen molar-refractivity contribution in [2.24, 2.45) is 0 Å². The van der Waals surface area contributed by atoms with E-state index in [0.717, 1.165) is 0 Å². The largest absolute Gasteiger partial charge is 0.416 e. The van der Waals surface area contributed by atoms with E-state index in [1.165, 1.54) is 18.2 Å². The minimum absolute atomic E-state index is 0.0818. The second-order valence-corrected chi connectivity index (χ2v) is 6.76. The second kappa shape index (κ2) is 8.91. The molecule has 1 aliphatic heterocycles. The summed E-state index contributed by atoms with van der Waals surface area (Å²) in [5.74, 6) is -0.456. The van der Waals surface area contributed by atoms with Crippen LogP contribution in [0.15, 0.2) is 42.5 Å². The van der Waals surface area contributed by atoms with Crippen LogP contribution in [0.25, 0.3) is 0 Å². The maximum Gasteiger partial charge on any atom is 0.416 e. The van der Waals surface area contributed by atoms with Crippen LogP contribution in [0.2, 0.25) is 0 Å². The average Bonchev–Trinajstić information content (AvgIpc) is 2.67. The molecule has 10 heteroatoms. The Labute approximate surface area is 167 Å². The van der Waals surface area contributed by atoms with E-state index in [-0.39, 0.29) is 31.3 Å². The first-order valence-electron chi connectivity index (χ1n) is 9.04. The van der Waals surface area contributed by atoms with Crippen LogP contribution in [0.1, 0.15) is 28.3 Å². The van der Waals surface area contributed by atoms with Crippen molar-refractivity contribution in [1.82, 2.24) is 5.32 Å². The molecule has 0 bridgehead atoms. The third kappa shape index (κ3) is 5.71. The zero-order chi connectivity index (χ0) is 21.9. The van der Waals surface area contributed by atoms with Crippen LogP contribution in [0.3, 0.4) is 0 Å². The van der Waals surface area contributed by atoms with Crippen molar-refractivity contribution in [3.05, 3.63) is 70.5 Å². The molecule has 0 aliphatic carbocycles. The predicted molar refractivity (Wildman–Crippen MR) is 93.0 cm³/mol. The van der Waals surface area contributed by atoms with E-state index in [4.69, 9.17) is 9.47 Å². The lowest BCUT2D eigenvalue weighted by Gasteiger charge is -2.33. The number of benzene rings is 2. The molecule has 0 unspecified atom stereocenters. The smallest absolute Gasteiger partial charge is 0.350 e. The van der Waals surface area contributed by atoms with E-state index < -0.39 is 41.6 Å². The zero-order valence-corrected chi connectivity index (χ0v) is 15.5. The van der Waals surface area contributed by atoms with Crippen LogP contribution < -0.4 is 5.32 Å². The fourth-order valence-electron chi connectivity index (χ4n) is 3.16. The number of alkyl halides is 6. The Morgan fingerprint density at radius 1 is 0.967 bits per heavy atom. The van der Waals surface area contributed by atoms with Gasteiger partial charge in [-0.2, -0.15) is 26.3 Å². The second-order valence-electron chi connectivity index (χ2n) is 6.76. The van der Waals surface area contributed by atoms with Crippen LogP contribution in [-0.2, 0) is 28.2 Å². The summed E-state index contributed by atoms with van der Waals surface area (Å²) in [5, 5.41) is 3.11. The first-order chi connectivity index (χ1) is 14.0. The van der Waals surface area contributed by atoms with Gasteiger partial charge in [-0.15, -0.1) is 0 Å². The number of rotatable bonds is 5. The lowest BCUT2D eigenvalue weighted by Crippen LogP contribution is -2.43. The summed E-state index contributed by atoms with van der Waals surface area (Å²) in [5.41, 5.74) is -2.36.